The summed E-state index contributed by atoms with van der Waals surface area (Å²) in [7, 11) is 0. The lowest BCUT2D eigenvalue weighted by Crippen LogP contribution is -2.12. The molecule has 2 heteroatoms. The van der Waals surface area contributed by atoms with E-state index in [9.17, 15) is 0 Å². The topological polar surface area (TPSA) is 26.0 Å². The number of hydrogen-bond acceptors (Lipinski definition) is 1. The molecule has 0 spiro atoms. The van der Waals surface area contributed by atoms with Crippen molar-refractivity contribution in [2.24, 2.45) is 11.7 Å². The normalized spacial score (nSPS) is 17.9. The van der Waals surface area contributed by atoms with Gasteiger partial charge in [0, 0.05) is 11.1 Å². The summed E-state index contributed by atoms with van der Waals surface area (Å²) >= 11 is 6.22. The van der Waals surface area contributed by atoms with Gasteiger partial charge in [-0.2, -0.15) is 0 Å². The van der Waals surface area contributed by atoms with E-state index in [1.165, 1.54) is 24.0 Å². The van der Waals surface area contributed by atoms with Gasteiger partial charge in [0.1, 0.15) is 0 Å². The van der Waals surface area contributed by atoms with Gasteiger partial charge in [-0.05, 0) is 48.9 Å². The number of rotatable bonds is 3. The molecule has 1 aliphatic carbocycles. The largest absolute Gasteiger partial charge is 0.324 e. The van der Waals surface area contributed by atoms with Crippen molar-refractivity contribution in [2.75, 3.05) is 0 Å². The van der Waals surface area contributed by atoms with Crippen molar-refractivity contribution < 1.29 is 0 Å². The maximum atomic E-state index is 6.22. The molecule has 0 bridgehead atoms. The Morgan fingerprint density at radius 3 is 2.53 bits per heavy atom. The summed E-state index contributed by atoms with van der Waals surface area (Å²) in [5.74, 6) is 0.845. The SMILES string of the molecule is Cc1cc(Cl)c(C(N)CC2CC2)cc1C. The Labute approximate surface area is 96.6 Å². The highest BCUT2D eigenvalue weighted by atomic mass is 35.5. The molecule has 1 fully saturated rings. The lowest BCUT2D eigenvalue weighted by atomic mass is 9.98. The van der Waals surface area contributed by atoms with Gasteiger partial charge in [-0.3, -0.25) is 0 Å². The van der Waals surface area contributed by atoms with Crippen LogP contribution in [0, 0.1) is 19.8 Å². The van der Waals surface area contributed by atoms with Crippen molar-refractivity contribution in [3.63, 3.8) is 0 Å². The molecule has 1 atom stereocenters. The highest BCUT2D eigenvalue weighted by Crippen LogP contribution is 2.38. The van der Waals surface area contributed by atoms with Gasteiger partial charge in [0.05, 0.1) is 0 Å². The molecule has 15 heavy (non-hydrogen) atoms. The van der Waals surface area contributed by atoms with Gasteiger partial charge < -0.3 is 5.73 Å². The molecule has 82 valence electrons. The molecule has 1 aromatic rings. The van der Waals surface area contributed by atoms with E-state index < -0.39 is 0 Å². The minimum Gasteiger partial charge on any atom is -0.324 e. The zero-order chi connectivity index (χ0) is 11.0. The number of benzene rings is 1. The van der Waals surface area contributed by atoms with Gasteiger partial charge in [-0.15, -0.1) is 0 Å². The van der Waals surface area contributed by atoms with Crippen LogP contribution in [-0.4, -0.2) is 0 Å². The van der Waals surface area contributed by atoms with Crippen LogP contribution >= 0.6 is 11.6 Å². The van der Waals surface area contributed by atoms with Crippen LogP contribution in [0.25, 0.3) is 0 Å². The second kappa shape index (κ2) is 4.15. The van der Waals surface area contributed by atoms with Gasteiger partial charge in [0.2, 0.25) is 0 Å². The van der Waals surface area contributed by atoms with E-state index in [0.717, 1.165) is 22.9 Å². The van der Waals surface area contributed by atoms with Crippen molar-refractivity contribution >= 4 is 11.6 Å². The first kappa shape index (κ1) is 11.0. The fraction of sp³-hybridized carbons (Fsp3) is 0.538. The van der Waals surface area contributed by atoms with Crippen molar-refractivity contribution in [3.05, 3.63) is 33.8 Å². The number of nitrogens with two attached hydrogens (primary N) is 1. The van der Waals surface area contributed by atoms with Crippen molar-refractivity contribution in [2.45, 2.75) is 39.2 Å². The molecule has 0 aliphatic heterocycles. The fourth-order valence-electron chi connectivity index (χ4n) is 1.93. The molecule has 0 radical (unpaired) electrons. The van der Waals surface area contributed by atoms with E-state index in [2.05, 4.69) is 19.9 Å². The highest BCUT2D eigenvalue weighted by molar-refractivity contribution is 6.31. The van der Waals surface area contributed by atoms with Crippen LogP contribution in [-0.2, 0) is 0 Å². The highest BCUT2D eigenvalue weighted by Gasteiger charge is 2.25. The van der Waals surface area contributed by atoms with Crippen LogP contribution in [0.2, 0.25) is 5.02 Å². The van der Waals surface area contributed by atoms with Crippen LogP contribution in [0.5, 0.6) is 0 Å². The lowest BCUT2D eigenvalue weighted by Gasteiger charge is -2.15. The molecule has 1 aliphatic rings. The van der Waals surface area contributed by atoms with E-state index >= 15 is 0 Å². The van der Waals surface area contributed by atoms with Gasteiger partial charge in [0.25, 0.3) is 0 Å². The standard InChI is InChI=1S/C13H18ClN/c1-8-5-11(12(14)6-9(8)2)13(15)7-10-3-4-10/h5-6,10,13H,3-4,7,15H2,1-2H3. The zero-order valence-electron chi connectivity index (χ0n) is 9.39. The van der Waals surface area contributed by atoms with Crippen molar-refractivity contribution in [1.82, 2.24) is 0 Å². The summed E-state index contributed by atoms with van der Waals surface area (Å²) in [4.78, 5) is 0. The maximum absolute atomic E-state index is 6.22. The summed E-state index contributed by atoms with van der Waals surface area (Å²) in [5.41, 5.74) is 9.81. The monoisotopic (exact) mass is 223 g/mol. The maximum Gasteiger partial charge on any atom is 0.0456 e. The molecular weight excluding hydrogens is 206 g/mol. The molecule has 2 N–H and O–H groups in total. The molecule has 0 aromatic heterocycles. The Morgan fingerprint density at radius 2 is 1.93 bits per heavy atom. The summed E-state index contributed by atoms with van der Waals surface area (Å²) in [6, 6.07) is 4.29. The third kappa shape index (κ3) is 2.53. The van der Waals surface area contributed by atoms with E-state index in [-0.39, 0.29) is 6.04 Å². The summed E-state index contributed by atoms with van der Waals surface area (Å²) in [5, 5.41) is 0.825. The Balaban J connectivity index is 2.21. The second-order valence-electron chi connectivity index (χ2n) is 4.74. The zero-order valence-corrected chi connectivity index (χ0v) is 10.1. The van der Waals surface area contributed by atoms with Gasteiger partial charge in [-0.1, -0.05) is 30.5 Å². The Kier molecular flexibility index (Phi) is 3.03. The molecule has 2 rings (SSSR count). The predicted octanol–water partition coefficient (Wildman–Crippen LogP) is 3.76. The predicted molar refractivity (Wildman–Crippen MR) is 65.2 cm³/mol. The van der Waals surface area contributed by atoms with Crippen molar-refractivity contribution in [1.29, 1.82) is 0 Å². The van der Waals surface area contributed by atoms with Gasteiger partial charge in [-0.25, -0.2) is 0 Å². The minimum atomic E-state index is 0.115. The molecule has 1 saturated carbocycles. The number of halogens is 1. The quantitative estimate of drug-likeness (QED) is 0.830. The molecule has 1 nitrogen and oxygen atoms in total. The molecule has 1 unspecified atom stereocenters. The van der Waals surface area contributed by atoms with E-state index in [1.807, 2.05) is 6.07 Å². The molecule has 0 heterocycles. The molecule has 0 amide bonds. The minimum absolute atomic E-state index is 0.115. The third-order valence-electron chi connectivity index (χ3n) is 3.30. The first-order valence-corrected chi connectivity index (χ1v) is 5.98. The van der Waals surface area contributed by atoms with E-state index in [0.29, 0.717) is 0 Å². The summed E-state index contributed by atoms with van der Waals surface area (Å²) in [6.07, 6.45) is 3.77. The van der Waals surface area contributed by atoms with Gasteiger partial charge >= 0.3 is 0 Å². The van der Waals surface area contributed by atoms with Crippen LogP contribution in [0.4, 0.5) is 0 Å². The van der Waals surface area contributed by atoms with Crippen molar-refractivity contribution in [3.8, 4) is 0 Å². The molecular formula is C13H18ClN. The molecule has 0 saturated heterocycles. The fourth-order valence-corrected chi connectivity index (χ4v) is 2.29. The first-order chi connectivity index (χ1) is 7.08. The number of aryl methyl sites for hydroxylation is 2. The Morgan fingerprint density at radius 1 is 1.33 bits per heavy atom. The molecule has 1 aromatic carbocycles. The van der Waals surface area contributed by atoms with E-state index in [1.54, 1.807) is 0 Å². The van der Waals surface area contributed by atoms with Crippen LogP contribution < -0.4 is 5.73 Å². The Hall–Kier alpha value is -0.530. The number of hydrogen-bond donors (Lipinski definition) is 1. The Bertz CT molecular complexity index is 369. The smallest absolute Gasteiger partial charge is 0.0456 e. The van der Waals surface area contributed by atoms with Crippen LogP contribution in [0.1, 0.15) is 42.0 Å². The lowest BCUT2D eigenvalue weighted by molar-refractivity contribution is 0.597. The van der Waals surface area contributed by atoms with Gasteiger partial charge in [0.15, 0.2) is 0 Å². The van der Waals surface area contributed by atoms with Crippen LogP contribution in [0.3, 0.4) is 0 Å². The average molecular weight is 224 g/mol. The summed E-state index contributed by atoms with van der Waals surface area (Å²) in [6.45, 7) is 4.19. The summed E-state index contributed by atoms with van der Waals surface area (Å²) < 4.78 is 0. The average Bonchev–Trinajstić information content (AvgIpc) is 2.95. The first-order valence-electron chi connectivity index (χ1n) is 5.60. The second-order valence-corrected chi connectivity index (χ2v) is 5.15. The van der Waals surface area contributed by atoms with Crippen LogP contribution in [0.15, 0.2) is 12.1 Å². The van der Waals surface area contributed by atoms with E-state index in [4.69, 9.17) is 17.3 Å². The third-order valence-corrected chi connectivity index (χ3v) is 3.62.